The summed E-state index contributed by atoms with van der Waals surface area (Å²) in [4.78, 5) is 11.0. The van der Waals surface area contributed by atoms with Gasteiger partial charge in [0.2, 0.25) is 0 Å². The highest BCUT2D eigenvalue weighted by Crippen LogP contribution is 2.35. The lowest BCUT2D eigenvalue weighted by molar-refractivity contribution is 0.112. The topological polar surface area (TPSA) is 26.3 Å². The fraction of sp³-hybridized carbons (Fsp3) is 0.0714. The summed E-state index contributed by atoms with van der Waals surface area (Å²) in [7, 11) is 1.35. The van der Waals surface area contributed by atoms with E-state index in [0.717, 1.165) is 0 Å². The number of hydrogen-bond donors (Lipinski definition) is 0. The molecule has 92 valence electrons. The molecule has 18 heavy (non-hydrogen) atoms. The van der Waals surface area contributed by atoms with Crippen LogP contribution in [0.2, 0.25) is 5.02 Å². The lowest BCUT2D eigenvalue weighted by atomic mass is 9.99. The van der Waals surface area contributed by atoms with Crippen LogP contribution in [-0.2, 0) is 0 Å². The van der Waals surface area contributed by atoms with Gasteiger partial charge >= 0.3 is 0 Å². The maximum absolute atomic E-state index is 14.2. The minimum atomic E-state index is -0.570. The summed E-state index contributed by atoms with van der Waals surface area (Å²) in [5, 5.41) is 0.197. The minimum absolute atomic E-state index is 0.0186. The fourth-order valence-corrected chi connectivity index (χ4v) is 2.00. The summed E-state index contributed by atoms with van der Waals surface area (Å²) in [5.41, 5.74) is 1.22. The minimum Gasteiger partial charge on any atom is -0.492 e. The number of carbonyl (C=O) groups is 1. The summed E-state index contributed by atoms with van der Waals surface area (Å²) < 4.78 is 19.1. The number of methoxy groups -OCH3 is 1. The first kappa shape index (κ1) is 12.6. The van der Waals surface area contributed by atoms with Crippen molar-refractivity contribution in [3.8, 4) is 16.9 Å². The van der Waals surface area contributed by atoms with Crippen molar-refractivity contribution in [3.63, 3.8) is 0 Å². The van der Waals surface area contributed by atoms with Crippen LogP contribution >= 0.6 is 11.6 Å². The molecular weight excluding hydrogens is 255 g/mol. The van der Waals surface area contributed by atoms with E-state index >= 15 is 0 Å². The predicted molar refractivity (Wildman–Crippen MR) is 68.8 cm³/mol. The smallest absolute Gasteiger partial charge is 0.174 e. The van der Waals surface area contributed by atoms with Crippen molar-refractivity contribution in [3.05, 3.63) is 52.8 Å². The first-order valence-corrected chi connectivity index (χ1v) is 5.63. The Kier molecular flexibility index (Phi) is 3.63. The predicted octanol–water partition coefficient (Wildman–Crippen LogP) is 3.97. The number of hydrogen-bond acceptors (Lipinski definition) is 2. The SMILES string of the molecule is COc1c(Cl)ccc(-c2ccccc2C=O)c1F. The molecule has 0 atom stereocenters. The van der Waals surface area contributed by atoms with Crippen LogP contribution in [0.5, 0.6) is 5.75 Å². The summed E-state index contributed by atoms with van der Waals surface area (Å²) in [6, 6.07) is 9.84. The van der Waals surface area contributed by atoms with E-state index in [-0.39, 0.29) is 10.8 Å². The summed E-state index contributed by atoms with van der Waals surface area (Å²) >= 11 is 5.83. The molecule has 2 nitrogen and oxygen atoms in total. The number of carbonyl (C=O) groups excluding carboxylic acids is 1. The van der Waals surface area contributed by atoms with E-state index < -0.39 is 5.82 Å². The molecule has 0 radical (unpaired) electrons. The van der Waals surface area contributed by atoms with Crippen molar-refractivity contribution in [2.45, 2.75) is 0 Å². The standard InChI is InChI=1S/C14H10ClFO2/c1-18-14-12(15)7-6-11(13(14)16)10-5-3-2-4-9(10)8-17/h2-8H,1H3. The van der Waals surface area contributed by atoms with Crippen molar-refractivity contribution >= 4 is 17.9 Å². The van der Waals surface area contributed by atoms with Crippen molar-refractivity contribution < 1.29 is 13.9 Å². The molecule has 2 aromatic carbocycles. The molecule has 0 aliphatic carbocycles. The molecule has 4 heteroatoms. The van der Waals surface area contributed by atoms with Crippen molar-refractivity contribution in [2.75, 3.05) is 7.11 Å². The van der Waals surface area contributed by atoms with E-state index in [1.54, 1.807) is 30.3 Å². The molecule has 0 amide bonds. The maximum atomic E-state index is 14.2. The second-order valence-electron chi connectivity index (χ2n) is 3.65. The molecular formula is C14H10ClFO2. The van der Waals surface area contributed by atoms with Gasteiger partial charge in [-0.25, -0.2) is 4.39 Å². The average Bonchev–Trinajstić information content (AvgIpc) is 2.39. The molecule has 0 N–H and O–H groups in total. The van der Waals surface area contributed by atoms with Gasteiger partial charge in [0.05, 0.1) is 12.1 Å². The Balaban J connectivity index is 2.68. The Morgan fingerprint density at radius 1 is 1.17 bits per heavy atom. The molecule has 0 saturated heterocycles. The van der Waals surface area contributed by atoms with Crippen LogP contribution in [0.15, 0.2) is 36.4 Å². The van der Waals surface area contributed by atoms with E-state index in [1.165, 1.54) is 13.2 Å². The Morgan fingerprint density at radius 3 is 2.56 bits per heavy atom. The fourth-order valence-electron chi connectivity index (χ4n) is 1.77. The molecule has 0 aliphatic heterocycles. The van der Waals surface area contributed by atoms with Gasteiger partial charge in [-0.15, -0.1) is 0 Å². The third kappa shape index (κ3) is 2.09. The molecule has 0 bridgehead atoms. The zero-order valence-corrected chi connectivity index (χ0v) is 10.4. The Morgan fingerprint density at radius 2 is 1.89 bits per heavy atom. The number of benzene rings is 2. The second kappa shape index (κ2) is 5.19. The average molecular weight is 265 g/mol. The van der Waals surface area contributed by atoms with Crippen LogP contribution in [0.4, 0.5) is 4.39 Å². The molecule has 0 aromatic heterocycles. The molecule has 0 fully saturated rings. The number of aldehydes is 1. The molecule has 0 spiro atoms. The first-order valence-electron chi connectivity index (χ1n) is 5.25. The third-order valence-corrected chi connectivity index (χ3v) is 2.93. The van der Waals surface area contributed by atoms with E-state index in [2.05, 4.69) is 0 Å². The van der Waals surface area contributed by atoms with Crippen LogP contribution in [0, 0.1) is 5.82 Å². The van der Waals surface area contributed by atoms with Crippen LogP contribution in [-0.4, -0.2) is 13.4 Å². The lowest BCUT2D eigenvalue weighted by Gasteiger charge is -2.10. The maximum Gasteiger partial charge on any atom is 0.174 e. The van der Waals surface area contributed by atoms with Crippen LogP contribution < -0.4 is 4.74 Å². The molecule has 2 aromatic rings. The molecule has 2 rings (SSSR count). The Hall–Kier alpha value is -1.87. The van der Waals surface area contributed by atoms with Crippen LogP contribution in [0.1, 0.15) is 10.4 Å². The molecule has 0 aliphatic rings. The van der Waals surface area contributed by atoms with E-state index in [9.17, 15) is 9.18 Å². The zero-order chi connectivity index (χ0) is 13.1. The summed E-state index contributed by atoms with van der Waals surface area (Å²) in [6.07, 6.45) is 0.690. The second-order valence-corrected chi connectivity index (χ2v) is 4.05. The first-order chi connectivity index (χ1) is 8.69. The summed E-state index contributed by atoms with van der Waals surface area (Å²) in [6.45, 7) is 0. The van der Waals surface area contributed by atoms with Gasteiger partial charge in [0.15, 0.2) is 17.9 Å². The monoisotopic (exact) mass is 264 g/mol. The molecule has 0 unspecified atom stereocenters. The highest BCUT2D eigenvalue weighted by molar-refractivity contribution is 6.32. The number of halogens is 2. The number of ether oxygens (including phenoxy) is 1. The van der Waals surface area contributed by atoms with Crippen molar-refractivity contribution in [1.29, 1.82) is 0 Å². The zero-order valence-electron chi connectivity index (χ0n) is 9.61. The van der Waals surface area contributed by atoms with Gasteiger partial charge in [0.1, 0.15) is 0 Å². The Bertz CT molecular complexity index is 596. The van der Waals surface area contributed by atoms with Crippen LogP contribution in [0.25, 0.3) is 11.1 Å². The highest BCUT2D eigenvalue weighted by Gasteiger charge is 2.16. The number of rotatable bonds is 3. The lowest BCUT2D eigenvalue weighted by Crippen LogP contribution is -1.95. The molecule has 0 saturated carbocycles. The van der Waals surface area contributed by atoms with Gasteiger partial charge in [0, 0.05) is 11.1 Å². The van der Waals surface area contributed by atoms with Gasteiger partial charge < -0.3 is 4.74 Å². The normalized spacial score (nSPS) is 10.2. The van der Waals surface area contributed by atoms with Crippen LogP contribution in [0.3, 0.4) is 0 Å². The van der Waals surface area contributed by atoms with Crippen molar-refractivity contribution in [2.24, 2.45) is 0 Å². The molecule has 0 heterocycles. The van der Waals surface area contributed by atoms with Gasteiger partial charge in [-0.1, -0.05) is 35.9 Å². The van der Waals surface area contributed by atoms with E-state index in [1.807, 2.05) is 0 Å². The van der Waals surface area contributed by atoms with Gasteiger partial charge in [-0.3, -0.25) is 4.79 Å². The van der Waals surface area contributed by atoms with Gasteiger partial charge in [-0.05, 0) is 17.7 Å². The Labute approximate surface area is 109 Å². The van der Waals surface area contributed by atoms with E-state index in [4.69, 9.17) is 16.3 Å². The van der Waals surface area contributed by atoms with E-state index in [0.29, 0.717) is 23.0 Å². The van der Waals surface area contributed by atoms with Gasteiger partial charge in [0.25, 0.3) is 0 Å². The highest BCUT2D eigenvalue weighted by atomic mass is 35.5. The largest absolute Gasteiger partial charge is 0.492 e. The van der Waals surface area contributed by atoms with Gasteiger partial charge in [-0.2, -0.15) is 0 Å². The summed E-state index contributed by atoms with van der Waals surface area (Å²) in [5.74, 6) is -0.589. The van der Waals surface area contributed by atoms with Crippen molar-refractivity contribution in [1.82, 2.24) is 0 Å². The third-order valence-electron chi connectivity index (χ3n) is 2.63. The quantitative estimate of drug-likeness (QED) is 0.784.